The van der Waals surface area contributed by atoms with Crippen LogP contribution in [0.5, 0.6) is 5.75 Å². The minimum atomic E-state index is -1.10. The van der Waals surface area contributed by atoms with Gasteiger partial charge in [0.25, 0.3) is 0 Å². The first-order chi connectivity index (χ1) is 7.49. The van der Waals surface area contributed by atoms with Crippen molar-refractivity contribution >= 4 is 32.9 Å². The van der Waals surface area contributed by atoms with E-state index in [1.807, 2.05) is 6.92 Å². The van der Waals surface area contributed by atoms with E-state index >= 15 is 0 Å². The third-order valence-electron chi connectivity index (χ3n) is 2.27. The summed E-state index contributed by atoms with van der Waals surface area (Å²) < 4.78 is 5.43. The number of aromatic hydroxyl groups is 1. The van der Waals surface area contributed by atoms with E-state index in [1.165, 1.54) is 12.1 Å². The van der Waals surface area contributed by atoms with Crippen LogP contribution in [0.4, 0.5) is 0 Å². The molecule has 84 valence electrons. The van der Waals surface area contributed by atoms with E-state index in [0.29, 0.717) is 16.7 Å². The van der Waals surface area contributed by atoms with Crippen LogP contribution in [0.3, 0.4) is 0 Å². The maximum Gasteiger partial charge on any atom is 0.335 e. The zero-order valence-electron chi connectivity index (χ0n) is 8.40. The van der Waals surface area contributed by atoms with Gasteiger partial charge < -0.3 is 14.6 Å². The van der Waals surface area contributed by atoms with Crippen molar-refractivity contribution in [3.05, 3.63) is 29.5 Å². The van der Waals surface area contributed by atoms with Crippen LogP contribution in [-0.2, 0) is 0 Å². The van der Waals surface area contributed by atoms with Gasteiger partial charge in [-0.3, -0.25) is 0 Å². The summed E-state index contributed by atoms with van der Waals surface area (Å²) in [4.78, 5) is 10.8. The molecule has 1 unspecified atom stereocenters. The number of hydrogen-bond donors (Lipinski definition) is 2. The summed E-state index contributed by atoms with van der Waals surface area (Å²) in [5.74, 6) is -0.534. The number of halogens is 1. The number of hydrogen-bond acceptors (Lipinski definition) is 3. The highest BCUT2D eigenvalue weighted by atomic mass is 79.9. The lowest BCUT2D eigenvalue weighted by atomic mass is 10.1. The Balaban J connectivity index is 2.68. The van der Waals surface area contributed by atoms with Gasteiger partial charge in [-0.15, -0.1) is 0 Å². The average molecular weight is 285 g/mol. The minimum absolute atomic E-state index is 0.00702. The molecule has 0 saturated carbocycles. The molecular weight excluding hydrogens is 276 g/mol. The normalized spacial score (nSPS) is 12.9. The average Bonchev–Trinajstić information content (AvgIpc) is 2.61. The maximum atomic E-state index is 10.8. The van der Waals surface area contributed by atoms with Crippen LogP contribution in [0.25, 0.3) is 11.0 Å². The van der Waals surface area contributed by atoms with Gasteiger partial charge in [-0.2, -0.15) is 0 Å². The van der Waals surface area contributed by atoms with Gasteiger partial charge in [0.05, 0.1) is 15.8 Å². The number of benzene rings is 1. The molecule has 0 aliphatic carbocycles. The highest BCUT2D eigenvalue weighted by molar-refractivity contribution is 9.09. The van der Waals surface area contributed by atoms with Gasteiger partial charge in [0.15, 0.2) is 0 Å². The molecule has 0 spiro atoms. The van der Waals surface area contributed by atoms with E-state index in [9.17, 15) is 9.90 Å². The number of fused-ring (bicyclic) bond motifs is 1. The fourth-order valence-electron chi connectivity index (χ4n) is 1.46. The topological polar surface area (TPSA) is 70.7 Å². The van der Waals surface area contributed by atoms with Gasteiger partial charge in [-0.1, -0.05) is 15.9 Å². The predicted molar refractivity (Wildman–Crippen MR) is 62.2 cm³/mol. The van der Waals surface area contributed by atoms with Crippen LogP contribution >= 0.6 is 15.9 Å². The number of rotatable bonds is 2. The van der Waals surface area contributed by atoms with Crippen molar-refractivity contribution in [2.45, 2.75) is 11.8 Å². The van der Waals surface area contributed by atoms with Crippen LogP contribution in [0.15, 0.2) is 22.6 Å². The van der Waals surface area contributed by atoms with E-state index < -0.39 is 5.97 Å². The van der Waals surface area contributed by atoms with Crippen molar-refractivity contribution in [1.82, 2.24) is 0 Å². The summed E-state index contributed by atoms with van der Waals surface area (Å²) >= 11 is 3.34. The van der Waals surface area contributed by atoms with Crippen molar-refractivity contribution < 1.29 is 19.4 Å². The Morgan fingerprint density at radius 3 is 2.69 bits per heavy atom. The number of furan rings is 1. The van der Waals surface area contributed by atoms with Gasteiger partial charge in [0, 0.05) is 0 Å². The Kier molecular flexibility index (Phi) is 2.63. The van der Waals surface area contributed by atoms with Gasteiger partial charge in [-0.25, -0.2) is 4.79 Å². The molecular formula is C11H9BrO4. The van der Waals surface area contributed by atoms with E-state index in [-0.39, 0.29) is 16.1 Å². The number of carboxylic acid groups (broad SMARTS) is 1. The highest BCUT2D eigenvalue weighted by Gasteiger charge is 2.14. The molecule has 1 atom stereocenters. The summed E-state index contributed by atoms with van der Waals surface area (Å²) in [5, 5.41) is 19.0. The molecule has 1 aromatic carbocycles. The van der Waals surface area contributed by atoms with Crippen LogP contribution in [0.1, 0.15) is 27.9 Å². The summed E-state index contributed by atoms with van der Waals surface area (Å²) in [6.45, 7) is 1.88. The molecule has 2 aromatic rings. The van der Waals surface area contributed by atoms with Crippen LogP contribution in [0.2, 0.25) is 0 Å². The largest absolute Gasteiger partial charge is 0.507 e. The van der Waals surface area contributed by atoms with Gasteiger partial charge in [0.1, 0.15) is 17.1 Å². The summed E-state index contributed by atoms with van der Waals surface area (Å²) in [6, 6.07) is 4.30. The van der Waals surface area contributed by atoms with Gasteiger partial charge in [0.2, 0.25) is 0 Å². The highest BCUT2D eigenvalue weighted by Crippen LogP contribution is 2.34. The molecule has 4 nitrogen and oxygen atoms in total. The smallest absolute Gasteiger partial charge is 0.335 e. The van der Waals surface area contributed by atoms with Crippen LogP contribution < -0.4 is 0 Å². The standard InChI is InChI=1S/C11H9BrO4/c1-5(12)9-4-7-8(13)2-6(11(14)15)3-10(7)16-9/h2-5,13H,1H3,(H,14,15). The quantitative estimate of drug-likeness (QED) is 0.830. The molecule has 5 heteroatoms. The van der Waals surface area contributed by atoms with Crippen LogP contribution in [-0.4, -0.2) is 16.2 Å². The molecule has 1 heterocycles. The number of aromatic carboxylic acids is 1. The molecule has 0 fully saturated rings. The Bertz CT molecular complexity index is 556. The molecule has 1 aromatic heterocycles. The van der Waals surface area contributed by atoms with E-state index in [4.69, 9.17) is 9.52 Å². The second-order valence-corrected chi connectivity index (χ2v) is 4.85. The molecule has 0 radical (unpaired) electrons. The molecule has 0 aliphatic heterocycles. The summed E-state index contributed by atoms with van der Waals surface area (Å²) in [7, 11) is 0. The van der Waals surface area contributed by atoms with Crippen molar-refractivity contribution in [1.29, 1.82) is 0 Å². The van der Waals surface area contributed by atoms with E-state index in [2.05, 4.69) is 15.9 Å². The lowest BCUT2D eigenvalue weighted by Crippen LogP contribution is -1.94. The number of phenolic OH excluding ortho intramolecular Hbond substituents is 1. The third-order valence-corrected chi connectivity index (χ3v) is 2.72. The Morgan fingerprint density at radius 2 is 2.12 bits per heavy atom. The molecule has 2 rings (SSSR count). The lowest BCUT2D eigenvalue weighted by molar-refractivity contribution is 0.0696. The SMILES string of the molecule is CC(Br)c1cc2c(O)cc(C(=O)O)cc2o1. The second kappa shape index (κ2) is 3.83. The molecule has 16 heavy (non-hydrogen) atoms. The first-order valence-electron chi connectivity index (χ1n) is 4.63. The van der Waals surface area contributed by atoms with Gasteiger partial charge >= 0.3 is 5.97 Å². The van der Waals surface area contributed by atoms with Gasteiger partial charge in [-0.05, 0) is 25.1 Å². The fraction of sp³-hybridized carbons (Fsp3) is 0.182. The molecule has 0 bridgehead atoms. The zero-order valence-corrected chi connectivity index (χ0v) is 9.98. The third kappa shape index (κ3) is 1.78. The van der Waals surface area contributed by atoms with E-state index in [1.54, 1.807) is 6.07 Å². The second-order valence-electron chi connectivity index (χ2n) is 3.48. The molecule has 0 aliphatic rings. The van der Waals surface area contributed by atoms with Crippen molar-refractivity contribution in [3.63, 3.8) is 0 Å². The number of alkyl halides is 1. The Hall–Kier alpha value is -1.49. The van der Waals surface area contributed by atoms with Crippen molar-refractivity contribution in [2.24, 2.45) is 0 Å². The first kappa shape index (κ1) is 11.0. The molecule has 2 N–H and O–H groups in total. The number of phenols is 1. The maximum absolute atomic E-state index is 10.8. The zero-order chi connectivity index (χ0) is 11.9. The summed E-state index contributed by atoms with van der Waals surface area (Å²) in [6.07, 6.45) is 0. The number of carboxylic acids is 1. The first-order valence-corrected chi connectivity index (χ1v) is 5.54. The predicted octanol–water partition coefficient (Wildman–Crippen LogP) is 3.29. The van der Waals surface area contributed by atoms with Crippen molar-refractivity contribution in [3.8, 4) is 5.75 Å². The monoisotopic (exact) mass is 284 g/mol. The van der Waals surface area contributed by atoms with Crippen LogP contribution in [0, 0.1) is 0 Å². The fourth-order valence-corrected chi connectivity index (χ4v) is 1.69. The Labute approximate surface area is 99.6 Å². The number of carbonyl (C=O) groups is 1. The minimum Gasteiger partial charge on any atom is -0.507 e. The Morgan fingerprint density at radius 1 is 1.44 bits per heavy atom. The lowest BCUT2D eigenvalue weighted by Gasteiger charge is -1.97. The molecule has 0 saturated heterocycles. The molecule has 0 amide bonds. The van der Waals surface area contributed by atoms with E-state index in [0.717, 1.165) is 0 Å². The van der Waals surface area contributed by atoms with Crippen molar-refractivity contribution in [2.75, 3.05) is 0 Å². The summed E-state index contributed by atoms with van der Waals surface area (Å²) in [5.41, 5.74) is 0.381.